The molecule has 1 aromatic carbocycles. The number of likely N-dealkylation sites (tertiary alicyclic amines) is 1. The van der Waals surface area contributed by atoms with Gasteiger partial charge in [0.2, 0.25) is 0 Å². The van der Waals surface area contributed by atoms with Crippen LogP contribution in [0.1, 0.15) is 40.5 Å². The van der Waals surface area contributed by atoms with E-state index in [-0.39, 0.29) is 23.0 Å². The molecule has 2 rings (SSSR count). The average molecular weight is 401 g/mol. The van der Waals surface area contributed by atoms with Crippen LogP contribution in [0.3, 0.4) is 0 Å². The normalized spacial score (nSPS) is 22.0. The highest BCUT2D eigenvalue weighted by atomic mass is 127. The van der Waals surface area contributed by atoms with Crippen LogP contribution in [0.4, 0.5) is 0 Å². The predicted molar refractivity (Wildman–Crippen MR) is 93.4 cm³/mol. The van der Waals surface area contributed by atoms with E-state index in [1.165, 1.54) is 0 Å². The van der Waals surface area contributed by atoms with Crippen LogP contribution < -0.4 is 4.74 Å². The summed E-state index contributed by atoms with van der Waals surface area (Å²) in [4.78, 5) is 14.9. The maximum Gasteiger partial charge on any atom is 0.314 e. The highest BCUT2D eigenvalue weighted by Gasteiger charge is 2.45. The molecule has 0 unspecified atom stereocenters. The van der Waals surface area contributed by atoms with Gasteiger partial charge in [-0.25, -0.2) is 0 Å². The van der Waals surface area contributed by atoms with Gasteiger partial charge in [-0.1, -0.05) is 12.1 Å². The van der Waals surface area contributed by atoms with E-state index in [9.17, 15) is 4.79 Å². The first-order valence-corrected chi connectivity index (χ1v) is 8.41. The summed E-state index contributed by atoms with van der Waals surface area (Å²) in [5.74, 6) is 0.508. The van der Waals surface area contributed by atoms with Crippen LogP contribution in [0.25, 0.3) is 0 Å². The monoisotopic (exact) mass is 401 g/mol. The van der Waals surface area contributed by atoms with Crippen molar-refractivity contribution < 1.29 is 9.53 Å². The molecular formula is C17H24INO2. The van der Waals surface area contributed by atoms with Crippen molar-refractivity contribution in [2.75, 3.05) is 7.05 Å². The number of benzene rings is 1. The number of piperidine rings is 1. The fourth-order valence-electron chi connectivity index (χ4n) is 3.26. The van der Waals surface area contributed by atoms with Crippen molar-refractivity contribution in [2.45, 2.75) is 51.6 Å². The molecule has 1 aliphatic rings. The topological polar surface area (TPSA) is 29.5 Å². The van der Waals surface area contributed by atoms with Crippen LogP contribution >= 0.6 is 22.6 Å². The molecule has 21 heavy (non-hydrogen) atoms. The number of rotatable bonds is 2. The van der Waals surface area contributed by atoms with Gasteiger partial charge in [-0.3, -0.25) is 9.69 Å². The number of para-hydroxylation sites is 1. The third kappa shape index (κ3) is 3.59. The molecule has 0 N–H and O–H groups in total. The van der Waals surface area contributed by atoms with Crippen molar-refractivity contribution in [2.24, 2.45) is 5.92 Å². The van der Waals surface area contributed by atoms with E-state index in [1.807, 2.05) is 24.3 Å². The molecule has 0 bridgehead atoms. The van der Waals surface area contributed by atoms with E-state index in [1.54, 1.807) is 0 Å². The van der Waals surface area contributed by atoms with Crippen LogP contribution in [0.15, 0.2) is 24.3 Å². The third-order valence-electron chi connectivity index (χ3n) is 4.69. The first-order chi connectivity index (χ1) is 9.63. The van der Waals surface area contributed by atoms with Gasteiger partial charge in [0.05, 0.1) is 9.49 Å². The number of carbonyl (C=O) groups is 1. The van der Waals surface area contributed by atoms with Gasteiger partial charge in [0.25, 0.3) is 0 Å². The Morgan fingerprint density at radius 1 is 1.19 bits per heavy atom. The quantitative estimate of drug-likeness (QED) is 0.425. The second kappa shape index (κ2) is 5.88. The standard InChI is InChI=1S/C17H24INO2/c1-16(2)10-12(11-17(3,4)19(16)5)15(20)21-14-9-7-6-8-13(14)18/h6-9,12H,10-11H2,1-5H3. The van der Waals surface area contributed by atoms with Gasteiger partial charge < -0.3 is 4.74 Å². The fourth-order valence-corrected chi connectivity index (χ4v) is 3.75. The van der Waals surface area contributed by atoms with E-state index in [0.717, 1.165) is 16.4 Å². The molecule has 0 aromatic heterocycles. The average Bonchev–Trinajstić information content (AvgIpc) is 2.38. The maximum atomic E-state index is 12.6. The lowest BCUT2D eigenvalue weighted by Crippen LogP contribution is -2.59. The van der Waals surface area contributed by atoms with Crippen molar-refractivity contribution in [1.82, 2.24) is 4.90 Å². The van der Waals surface area contributed by atoms with Gasteiger partial charge in [0.1, 0.15) is 5.75 Å². The molecular weight excluding hydrogens is 377 g/mol. The molecule has 4 heteroatoms. The fraction of sp³-hybridized carbons (Fsp3) is 0.588. The summed E-state index contributed by atoms with van der Waals surface area (Å²) >= 11 is 2.20. The number of nitrogens with zero attached hydrogens (tertiary/aromatic N) is 1. The van der Waals surface area contributed by atoms with Gasteiger partial charge in [0, 0.05) is 11.1 Å². The second-order valence-electron chi connectivity index (χ2n) is 7.14. The minimum Gasteiger partial charge on any atom is -0.425 e. The van der Waals surface area contributed by atoms with Crippen molar-refractivity contribution in [3.63, 3.8) is 0 Å². The molecule has 0 atom stereocenters. The number of hydrogen-bond acceptors (Lipinski definition) is 3. The Hall–Kier alpha value is -0.620. The SMILES string of the molecule is CN1C(C)(C)CC(C(=O)Oc2ccccc2I)CC1(C)C. The summed E-state index contributed by atoms with van der Waals surface area (Å²) in [6.07, 6.45) is 1.66. The highest BCUT2D eigenvalue weighted by molar-refractivity contribution is 14.1. The van der Waals surface area contributed by atoms with Crippen molar-refractivity contribution >= 4 is 28.6 Å². The summed E-state index contributed by atoms with van der Waals surface area (Å²) in [6.45, 7) is 8.78. The van der Waals surface area contributed by atoms with E-state index >= 15 is 0 Å². The largest absolute Gasteiger partial charge is 0.425 e. The van der Waals surface area contributed by atoms with Crippen LogP contribution in [0.5, 0.6) is 5.75 Å². The zero-order chi connectivity index (χ0) is 15.8. The van der Waals surface area contributed by atoms with Crippen LogP contribution in [0.2, 0.25) is 0 Å². The van der Waals surface area contributed by atoms with Gasteiger partial charge in [0.15, 0.2) is 0 Å². The summed E-state index contributed by atoms with van der Waals surface area (Å²) in [5.41, 5.74) is -0.00937. The number of ether oxygens (including phenoxy) is 1. The molecule has 3 nitrogen and oxygen atoms in total. The molecule has 116 valence electrons. The number of hydrogen-bond donors (Lipinski definition) is 0. The molecule has 0 saturated carbocycles. The predicted octanol–water partition coefficient (Wildman–Crippen LogP) is 4.10. The van der Waals surface area contributed by atoms with Crippen molar-refractivity contribution in [3.05, 3.63) is 27.8 Å². The van der Waals surface area contributed by atoms with E-state index < -0.39 is 0 Å². The maximum absolute atomic E-state index is 12.6. The Morgan fingerprint density at radius 2 is 1.71 bits per heavy atom. The Bertz CT molecular complexity index is 521. The Kier molecular flexibility index (Phi) is 4.69. The Labute approximate surface area is 141 Å². The zero-order valence-electron chi connectivity index (χ0n) is 13.4. The summed E-state index contributed by atoms with van der Waals surface area (Å²) in [7, 11) is 2.14. The van der Waals surface area contributed by atoms with Crippen LogP contribution in [0, 0.1) is 9.49 Å². The van der Waals surface area contributed by atoms with Gasteiger partial charge >= 0.3 is 5.97 Å². The number of carbonyl (C=O) groups excluding carboxylic acids is 1. The van der Waals surface area contributed by atoms with Gasteiger partial charge in [-0.15, -0.1) is 0 Å². The van der Waals surface area contributed by atoms with E-state index in [2.05, 4.69) is 62.2 Å². The molecule has 1 saturated heterocycles. The third-order valence-corrected chi connectivity index (χ3v) is 5.58. The lowest BCUT2D eigenvalue weighted by Gasteiger charge is -2.53. The van der Waals surface area contributed by atoms with Gasteiger partial charge in [-0.2, -0.15) is 0 Å². The summed E-state index contributed by atoms with van der Waals surface area (Å²) < 4.78 is 6.61. The number of halogens is 1. The van der Waals surface area contributed by atoms with E-state index in [4.69, 9.17) is 4.74 Å². The lowest BCUT2D eigenvalue weighted by atomic mass is 9.74. The van der Waals surface area contributed by atoms with E-state index in [0.29, 0.717) is 5.75 Å². The molecule has 0 amide bonds. The second-order valence-corrected chi connectivity index (χ2v) is 8.30. The van der Waals surface area contributed by atoms with Gasteiger partial charge in [-0.05, 0) is 82.3 Å². The van der Waals surface area contributed by atoms with Crippen LogP contribution in [-0.4, -0.2) is 29.0 Å². The first kappa shape index (κ1) is 16.7. The molecule has 0 radical (unpaired) electrons. The summed E-state index contributed by atoms with van der Waals surface area (Å²) in [6, 6.07) is 7.64. The molecule has 1 heterocycles. The van der Waals surface area contributed by atoms with Crippen molar-refractivity contribution in [1.29, 1.82) is 0 Å². The molecule has 1 fully saturated rings. The van der Waals surface area contributed by atoms with Crippen LogP contribution in [-0.2, 0) is 4.79 Å². The molecule has 0 aliphatic carbocycles. The lowest BCUT2D eigenvalue weighted by molar-refractivity contribution is -0.146. The Morgan fingerprint density at radius 3 is 2.24 bits per heavy atom. The molecule has 1 aliphatic heterocycles. The minimum absolute atomic E-state index is 0.00468. The smallest absolute Gasteiger partial charge is 0.314 e. The Balaban J connectivity index is 2.15. The molecule has 1 aromatic rings. The molecule has 0 spiro atoms. The first-order valence-electron chi connectivity index (χ1n) is 7.34. The summed E-state index contributed by atoms with van der Waals surface area (Å²) in [5, 5.41) is 0. The zero-order valence-corrected chi connectivity index (χ0v) is 15.6. The number of esters is 1. The van der Waals surface area contributed by atoms with Crippen molar-refractivity contribution in [3.8, 4) is 5.75 Å². The minimum atomic E-state index is -0.103. The highest BCUT2D eigenvalue weighted by Crippen LogP contribution is 2.40.